The summed E-state index contributed by atoms with van der Waals surface area (Å²) in [5, 5.41) is 5.34. The van der Waals surface area contributed by atoms with Gasteiger partial charge in [-0.2, -0.15) is 0 Å². The van der Waals surface area contributed by atoms with Crippen LogP contribution in [0, 0.1) is 17.8 Å². The monoisotopic (exact) mass is 479 g/mol. The van der Waals surface area contributed by atoms with Crippen molar-refractivity contribution in [3.8, 4) is 0 Å². The third-order valence-electron chi connectivity index (χ3n) is 5.50. The van der Waals surface area contributed by atoms with Crippen LogP contribution >= 0.6 is 0 Å². The zero-order valence-electron chi connectivity index (χ0n) is 20.7. The Morgan fingerprint density at radius 2 is 1.56 bits per heavy atom. The Hall–Kier alpha value is -2.88. The van der Waals surface area contributed by atoms with E-state index >= 15 is 0 Å². The number of rotatable bonds is 16. The molecule has 0 saturated carbocycles. The van der Waals surface area contributed by atoms with Gasteiger partial charge in [0.05, 0.1) is 19.3 Å². The molecule has 0 aromatic heterocycles. The van der Waals surface area contributed by atoms with Crippen LogP contribution in [0.15, 0.2) is 12.2 Å². The molecule has 10 heteroatoms. The molecule has 1 aliphatic rings. The van der Waals surface area contributed by atoms with Crippen LogP contribution in [0.4, 0.5) is 0 Å². The summed E-state index contributed by atoms with van der Waals surface area (Å²) < 4.78 is 5.38. The first-order chi connectivity index (χ1) is 15.9. The van der Waals surface area contributed by atoms with Gasteiger partial charge in [-0.1, -0.05) is 27.7 Å². The average Bonchev–Trinajstić information content (AvgIpc) is 3.08. The highest BCUT2D eigenvalue weighted by molar-refractivity contribution is 6.13. The standard InChI is InChI=1S/C24H37N3O7/c1-15(2)19(24(33)26-17(5)23(32)16(3)4)14-18(28)9-12-34-13-10-25-20(29)8-11-27-21(30)6-7-22(27)31/h6-7,15-17,19H,8-14H2,1-5H3,(H,25,29)(H,26,33)/t17-,19-/m0/s1. The second-order valence-electron chi connectivity index (χ2n) is 9.00. The van der Waals surface area contributed by atoms with Gasteiger partial charge >= 0.3 is 0 Å². The topological polar surface area (TPSA) is 139 Å². The van der Waals surface area contributed by atoms with Crippen molar-refractivity contribution in [1.29, 1.82) is 0 Å². The SMILES string of the molecule is CC(C)C(=O)[C@H](C)NC(=O)[C@@H](CC(=O)CCOCCNC(=O)CCN1C(=O)C=CC1=O)C(C)C. The first-order valence-electron chi connectivity index (χ1n) is 11.7. The Balaban J connectivity index is 2.25. The van der Waals surface area contributed by atoms with E-state index in [1.165, 1.54) is 12.2 Å². The van der Waals surface area contributed by atoms with E-state index in [0.29, 0.717) is 0 Å². The van der Waals surface area contributed by atoms with Gasteiger partial charge in [0.1, 0.15) is 5.78 Å². The number of carbonyl (C=O) groups excluding carboxylic acids is 6. The molecule has 1 aliphatic heterocycles. The largest absolute Gasteiger partial charge is 0.379 e. The van der Waals surface area contributed by atoms with Crippen molar-refractivity contribution in [2.24, 2.45) is 17.8 Å². The van der Waals surface area contributed by atoms with Crippen LogP contribution in [0.2, 0.25) is 0 Å². The number of ether oxygens (including phenoxy) is 1. The first-order valence-corrected chi connectivity index (χ1v) is 11.7. The lowest BCUT2D eigenvalue weighted by atomic mass is 9.88. The molecule has 0 aromatic carbocycles. The van der Waals surface area contributed by atoms with Crippen molar-refractivity contribution in [2.45, 2.75) is 59.9 Å². The molecule has 0 aromatic rings. The second-order valence-corrected chi connectivity index (χ2v) is 9.00. The van der Waals surface area contributed by atoms with E-state index in [1.54, 1.807) is 20.8 Å². The molecule has 1 heterocycles. The summed E-state index contributed by atoms with van der Waals surface area (Å²) in [6, 6.07) is -0.601. The van der Waals surface area contributed by atoms with Gasteiger partial charge in [0.25, 0.3) is 11.8 Å². The number of Topliss-reactive ketones (excluding diaryl/α,β-unsaturated/α-hetero) is 2. The van der Waals surface area contributed by atoms with E-state index in [9.17, 15) is 28.8 Å². The lowest BCUT2D eigenvalue weighted by molar-refractivity contribution is -0.137. The zero-order chi connectivity index (χ0) is 25.8. The fourth-order valence-electron chi connectivity index (χ4n) is 3.37. The van der Waals surface area contributed by atoms with Crippen LogP contribution < -0.4 is 10.6 Å². The van der Waals surface area contributed by atoms with Crippen molar-refractivity contribution in [2.75, 3.05) is 26.3 Å². The molecule has 4 amide bonds. The smallest absolute Gasteiger partial charge is 0.253 e. The number of nitrogens with one attached hydrogen (secondary N) is 2. The van der Waals surface area contributed by atoms with Gasteiger partial charge in [-0.3, -0.25) is 33.7 Å². The minimum absolute atomic E-state index is 0.00230. The number of hydrogen-bond donors (Lipinski definition) is 2. The summed E-state index contributed by atoms with van der Waals surface area (Å²) in [4.78, 5) is 72.6. The highest BCUT2D eigenvalue weighted by Crippen LogP contribution is 2.17. The van der Waals surface area contributed by atoms with E-state index in [-0.39, 0.29) is 80.8 Å². The molecule has 2 atom stereocenters. The first kappa shape index (κ1) is 29.2. The molecule has 2 N–H and O–H groups in total. The molecule has 0 unspecified atom stereocenters. The molecule has 34 heavy (non-hydrogen) atoms. The number of ketones is 2. The summed E-state index contributed by atoms with van der Waals surface area (Å²) in [7, 11) is 0. The molecule has 0 aliphatic carbocycles. The lowest BCUT2D eigenvalue weighted by Gasteiger charge is -2.23. The van der Waals surface area contributed by atoms with Crippen molar-refractivity contribution in [3.05, 3.63) is 12.2 Å². The third kappa shape index (κ3) is 9.94. The van der Waals surface area contributed by atoms with Crippen LogP contribution in [0.25, 0.3) is 0 Å². The second kappa shape index (κ2) is 14.4. The highest BCUT2D eigenvalue weighted by Gasteiger charge is 2.28. The molecule has 190 valence electrons. The molecule has 0 spiro atoms. The maximum atomic E-state index is 12.6. The van der Waals surface area contributed by atoms with Gasteiger partial charge in [0.15, 0.2) is 5.78 Å². The van der Waals surface area contributed by atoms with E-state index in [0.717, 1.165) is 4.90 Å². The minimum Gasteiger partial charge on any atom is -0.379 e. The molecule has 1 rings (SSSR count). The fourth-order valence-corrected chi connectivity index (χ4v) is 3.37. The molecule has 0 bridgehead atoms. The van der Waals surface area contributed by atoms with Crippen LogP contribution in [0.1, 0.15) is 53.9 Å². The van der Waals surface area contributed by atoms with Crippen LogP contribution in [0.5, 0.6) is 0 Å². The summed E-state index contributed by atoms with van der Waals surface area (Å²) in [6.45, 7) is 9.51. The Kier molecular flexibility index (Phi) is 12.3. The van der Waals surface area contributed by atoms with Gasteiger partial charge in [-0.05, 0) is 12.8 Å². The molecule has 0 saturated heterocycles. The van der Waals surface area contributed by atoms with Gasteiger partial charge in [0.2, 0.25) is 11.8 Å². The predicted octanol–water partition coefficient (Wildman–Crippen LogP) is 0.786. The van der Waals surface area contributed by atoms with E-state index in [4.69, 9.17) is 4.74 Å². The van der Waals surface area contributed by atoms with Crippen molar-refractivity contribution in [1.82, 2.24) is 15.5 Å². The Labute approximate surface area is 200 Å². The van der Waals surface area contributed by atoms with Gasteiger partial charge in [-0.15, -0.1) is 0 Å². The quantitative estimate of drug-likeness (QED) is 0.246. The van der Waals surface area contributed by atoms with E-state index < -0.39 is 23.8 Å². The maximum absolute atomic E-state index is 12.6. The van der Waals surface area contributed by atoms with Crippen molar-refractivity contribution < 1.29 is 33.5 Å². The van der Waals surface area contributed by atoms with Crippen molar-refractivity contribution >= 4 is 35.2 Å². The molecular formula is C24H37N3O7. The predicted molar refractivity (Wildman–Crippen MR) is 124 cm³/mol. The zero-order valence-corrected chi connectivity index (χ0v) is 20.7. The third-order valence-corrected chi connectivity index (χ3v) is 5.50. The Morgan fingerprint density at radius 3 is 2.12 bits per heavy atom. The molecular weight excluding hydrogens is 442 g/mol. The molecule has 0 fully saturated rings. The number of imide groups is 1. The fraction of sp³-hybridized carbons (Fsp3) is 0.667. The van der Waals surface area contributed by atoms with Crippen LogP contribution in [-0.2, 0) is 33.5 Å². The van der Waals surface area contributed by atoms with E-state index in [2.05, 4.69) is 10.6 Å². The molecule has 0 radical (unpaired) electrons. The van der Waals surface area contributed by atoms with Gasteiger partial charge < -0.3 is 15.4 Å². The number of carbonyl (C=O) groups is 6. The maximum Gasteiger partial charge on any atom is 0.253 e. The average molecular weight is 480 g/mol. The number of amides is 4. The summed E-state index contributed by atoms with van der Waals surface area (Å²) in [6.07, 6.45) is 2.53. The number of hydrogen-bond acceptors (Lipinski definition) is 7. The normalized spacial score (nSPS) is 15.1. The van der Waals surface area contributed by atoms with Gasteiger partial charge in [0, 0.05) is 56.3 Å². The summed E-state index contributed by atoms with van der Waals surface area (Å²) in [5.74, 6) is -2.44. The van der Waals surface area contributed by atoms with Crippen molar-refractivity contribution in [3.63, 3.8) is 0 Å². The lowest BCUT2D eigenvalue weighted by Crippen LogP contribution is -2.44. The van der Waals surface area contributed by atoms with Gasteiger partial charge in [-0.25, -0.2) is 0 Å². The summed E-state index contributed by atoms with van der Waals surface area (Å²) >= 11 is 0. The Morgan fingerprint density at radius 1 is 0.941 bits per heavy atom. The van der Waals surface area contributed by atoms with E-state index in [1.807, 2.05) is 13.8 Å². The Bertz CT molecular complexity index is 786. The summed E-state index contributed by atoms with van der Waals surface area (Å²) in [5.41, 5.74) is 0. The highest BCUT2D eigenvalue weighted by atomic mass is 16.5. The van der Waals surface area contributed by atoms with Crippen LogP contribution in [-0.4, -0.2) is 72.4 Å². The van der Waals surface area contributed by atoms with Crippen LogP contribution in [0.3, 0.4) is 0 Å². The molecule has 10 nitrogen and oxygen atoms in total. The number of nitrogens with zero attached hydrogens (tertiary/aromatic N) is 1. The minimum atomic E-state index is -0.601.